The average Bonchev–Trinajstić information content (AvgIpc) is 2.50. The molecule has 2 heterocycles. The van der Waals surface area contributed by atoms with Crippen LogP contribution in [0.25, 0.3) is 0 Å². The number of nitrogens with one attached hydrogen (secondary N) is 1. The van der Waals surface area contributed by atoms with Crippen LogP contribution in [-0.2, 0) is 0 Å². The van der Waals surface area contributed by atoms with Gasteiger partial charge >= 0.3 is 0 Å². The van der Waals surface area contributed by atoms with Crippen molar-refractivity contribution in [3.8, 4) is 0 Å². The molecule has 0 saturated heterocycles. The zero-order chi connectivity index (χ0) is 10.1. The predicted octanol–water partition coefficient (Wildman–Crippen LogP) is -0.00168. The molecule has 0 spiro atoms. The van der Waals surface area contributed by atoms with Gasteiger partial charge in [-0.05, 0) is 19.1 Å². The molecule has 4 nitrogen and oxygen atoms in total. The van der Waals surface area contributed by atoms with Crippen molar-refractivity contribution in [2.75, 3.05) is 7.05 Å². The minimum Gasteiger partial charge on any atom is -0.261 e. The van der Waals surface area contributed by atoms with Crippen LogP contribution in [0.15, 0.2) is 28.5 Å². The molecule has 0 fully saturated rings. The number of aromatic nitrogens is 1. The molecule has 1 aromatic heterocycles. The summed E-state index contributed by atoms with van der Waals surface area (Å²) in [6.45, 7) is 3.94. The first-order valence-electron chi connectivity index (χ1n) is 4.58. The smallest absolute Gasteiger partial charge is 0.260 e. The summed E-state index contributed by atoms with van der Waals surface area (Å²) in [6, 6.07) is 4.01. The van der Waals surface area contributed by atoms with E-state index in [9.17, 15) is 0 Å². The molecule has 1 N–H and O–H groups in total. The van der Waals surface area contributed by atoms with E-state index in [0.29, 0.717) is 0 Å². The molecule has 1 aromatic rings. The standard InChI is InChI=1S/C10H12N4/c1-7-4-5-9(6-11-7)10-13-12-8(2)14(10)3/h4-6H,1-3H3/p+1. The van der Waals surface area contributed by atoms with Crippen molar-refractivity contribution in [2.24, 2.45) is 10.2 Å². The lowest BCUT2D eigenvalue weighted by Crippen LogP contribution is -3.12. The summed E-state index contributed by atoms with van der Waals surface area (Å²) in [4.78, 5) is 5.37. The number of hydrogen-bond donors (Lipinski definition) is 1. The fourth-order valence-corrected chi connectivity index (χ4v) is 1.33. The summed E-state index contributed by atoms with van der Waals surface area (Å²) >= 11 is 0. The Labute approximate surface area is 83.0 Å². The minimum absolute atomic E-state index is 0.940. The molecule has 1 unspecified atom stereocenters. The van der Waals surface area contributed by atoms with Gasteiger partial charge in [-0.3, -0.25) is 4.98 Å². The van der Waals surface area contributed by atoms with Crippen molar-refractivity contribution in [1.82, 2.24) is 4.98 Å². The van der Waals surface area contributed by atoms with E-state index in [1.165, 1.54) is 0 Å². The minimum atomic E-state index is 0.940. The van der Waals surface area contributed by atoms with Gasteiger partial charge in [0.25, 0.3) is 5.84 Å². The number of amidine groups is 2. The zero-order valence-electron chi connectivity index (χ0n) is 8.57. The van der Waals surface area contributed by atoms with E-state index >= 15 is 0 Å². The van der Waals surface area contributed by atoms with E-state index in [0.717, 1.165) is 27.8 Å². The van der Waals surface area contributed by atoms with Crippen molar-refractivity contribution in [1.29, 1.82) is 0 Å². The number of pyridine rings is 1. The van der Waals surface area contributed by atoms with Crippen molar-refractivity contribution in [2.45, 2.75) is 13.8 Å². The second-order valence-electron chi connectivity index (χ2n) is 3.45. The first kappa shape index (κ1) is 9.02. The van der Waals surface area contributed by atoms with Gasteiger partial charge in [-0.25, -0.2) is 4.90 Å². The van der Waals surface area contributed by atoms with Gasteiger partial charge in [0, 0.05) is 18.8 Å². The molecule has 0 bridgehead atoms. The van der Waals surface area contributed by atoms with E-state index in [1.54, 1.807) is 0 Å². The normalized spacial score (nSPS) is 20.6. The van der Waals surface area contributed by atoms with Crippen molar-refractivity contribution in [3.63, 3.8) is 0 Å². The lowest BCUT2D eigenvalue weighted by molar-refractivity contribution is -0.671. The second-order valence-corrected chi connectivity index (χ2v) is 3.45. The quantitative estimate of drug-likeness (QED) is 0.663. The maximum Gasteiger partial charge on any atom is 0.260 e. The van der Waals surface area contributed by atoms with Gasteiger partial charge in [0.15, 0.2) is 0 Å². The summed E-state index contributed by atoms with van der Waals surface area (Å²) in [5.41, 5.74) is 2.05. The Hall–Kier alpha value is -1.55. The van der Waals surface area contributed by atoms with Crippen molar-refractivity contribution < 1.29 is 4.90 Å². The van der Waals surface area contributed by atoms with E-state index in [4.69, 9.17) is 0 Å². The van der Waals surface area contributed by atoms with Gasteiger partial charge in [0.1, 0.15) is 0 Å². The molecule has 0 saturated carbocycles. The molecular formula is C10H13N4+. The van der Waals surface area contributed by atoms with Gasteiger partial charge in [0.2, 0.25) is 5.84 Å². The molecule has 1 aliphatic rings. The summed E-state index contributed by atoms with van der Waals surface area (Å²) < 4.78 is 0. The first-order chi connectivity index (χ1) is 6.68. The summed E-state index contributed by atoms with van der Waals surface area (Å²) in [6.07, 6.45) is 1.84. The largest absolute Gasteiger partial charge is 0.261 e. The van der Waals surface area contributed by atoms with Gasteiger partial charge in [0.05, 0.1) is 12.6 Å². The third-order valence-electron chi connectivity index (χ3n) is 2.38. The molecule has 0 radical (unpaired) electrons. The number of rotatable bonds is 1. The van der Waals surface area contributed by atoms with Crippen LogP contribution < -0.4 is 4.90 Å². The monoisotopic (exact) mass is 189 g/mol. The Morgan fingerprint density at radius 2 is 1.93 bits per heavy atom. The maximum absolute atomic E-state index is 4.24. The highest BCUT2D eigenvalue weighted by molar-refractivity contribution is 5.99. The number of aryl methyl sites for hydroxylation is 1. The Morgan fingerprint density at radius 3 is 2.43 bits per heavy atom. The number of quaternary nitrogens is 1. The third-order valence-corrected chi connectivity index (χ3v) is 2.38. The maximum atomic E-state index is 4.24. The van der Waals surface area contributed by atoms with Gasteiger partial charge in [-0.15, -0.1) is 0 Å². The summed E-state index contributed by atoms with van der Waals surface area (Å²) in [5, 5.41) is 8.16. The van der Waals surface area contributed by atoms with Crippen LogP contribution in [0, 0.1) is 6.92 Å². The van der Waals surface area contributed by atoms with Gasteiger partial charge in [-0.2, -0.15) is 0 Å². The SMILES string of the molecule is CC1=NN=C(c2ccc(C)nc2)[NH+]1C. The van der Waals surface area contributed by atoms with E-state index in [2.05, 4.69) is 15.2 Å². The molecule has 0 amide bonds. The Bertz CT molecular complexity index is 403. The summed E-state index contributed by atoms with van der Waals surface area (Å²) in [5.74, 6) is 1.93. The molecule has 0 aliphatic carbocycles. The van der Waals surface area contributed by atoms with Crippen LogP contribution in [0.5, 0.6) is 0 Å². The Balaban J connectivity index is 2.31. The Morgan fingerprint density at radius 1 is 1.14 bits per heavy atom. The fraction of sp³-hybridized carbons (Fsp3) is 0.300. The molecule has 1 atom stereocenters. The lowest BCUT2D eigenvalue weighted by atomic mass is 10.2. The predicted molar refractivity (Wildman–Crippen MR) is 55.5 cm³/mol. The Kier molecular flexibility index (Phi) is 2.13. The van der Waals surface area contributed by atoms with Crippen LogP contribution in [0.1, 0.15) is 18.2 Å². The van der Waals surface area contributed by atoms with E-state index in [-0.39, 0.29) is 0 Å². The van der Waals surface area contributed by atoms with Crippen LogP contribution in [0.3, 0.4) is 0 Å². The molecule has 14 heavy (non-hydrogen) atoms. The van der Waals surface area contributed by atoms with Crippen LogP contribution in [0.4, 0.5) is 0 Å². The third kappa shape index (κ3) is 1.44. The number of nitrogens with zero attached hydrogens (tertiary/aromatic N) is 3. The lowest BCUT2D eigenvalue weighted by Gasteiger charge is -2.06. The summed E-state index contributed by atoms with van der Waals surface area (Å²) in [7, 11) is 2.03. The molecule has 0 aromatic carbocycles. The topological polar surface area (TPSA) is 42.0 Å². The number of hydrogen-bond acceptors (Lipinski definition) is 3. The van der Waals surface area contributed by atoms with Gasteiger partial charge in [-0.1, -0.05) is 10.2 Å². The average molecular weight is 189 g/mol. The first-order valence-corrected chi connectivity index (χ1v) is 4.58. The van der Waals surface area contributed by atoms with E-state index < -0.39 is 0 Å². The van der Waals surface area contributed by atoms with Gasteiger partial charge < -0.3 is 0 Å². The molecule has 72 valence electrons. The second kappa shape index (κ2) is 3.31. The van der Waals surface area contributed by atoms with Crippen LogP contribution in [0.2, 0.25) is 0 Å². The van der Waals surface area contributed by atoms with E-state index in [1.807, 2.05) is 39.2 Å². The molecular weight excluding hydrogens is 176 g/mol. The van der Waals surface area contributed by atoms with Crippen LogP contribution >= 0.6 is 0 Å². The molecule has 1 aliphatic heterocycles. The zero-order valence-corrected chi connectivity index (χ0v) is 8.57. The highest BCUT2D eigenvalue weighted by Gasteiger charge is 2.23. The van der Waals surface area contributed by atoms with Crippen LogP contribution in [-0.4, -0.2) is 23.7 Å². The molecule has 4 heteroatoms. The van der Waals surface area contributed by atoms with Crippen molar-refractivity contribution in [3.05, 3.63) is 29.6 Å². The van der Waals surface area contributed by atoms with Crippen molar-refractivity contribution >= 4 is 11.7 Å². The highest BCUT2D eigenvalue weighted by atomic mass is 15.4. The highest BCUT2D eigenvalue weighted by Crippen LogP contribution is 2.00. The molecule has 2 rings (SSSR count). The fourth-order valence-electron chi connectivity index (χ4n) is 1.33.